The molecule has 1 aliphatic heterocycles. The molecule has 2 aliphatic rings. The summed E-state index contributed by atoms with van der Waals surface area (Å²) in [7, 11) is 0. The van der Waals surface area contributed by atoms with Gasteiger partial charge in [0.2, 0.25) is 0 Å². The Morgan fingerprint density at radius 2 is 1.88 bits per heavy atom. The van der Waals surface area contributed by atoms with Crippen molar-refractivity contribution in [1.82, 2.24) is 10.2 Å². The molecule has 0 bridgehead atoms. The van der Waals surface area contributed by atoms with Crippen LogP contribution in [-0.4, -0.2) is 28.3 Å². The van der Waals surface area contributed by atoms with Crippen molar-refractivity contribution in [2.24, 2.45) is 0 Å². The minimum atomic E-state index is -0.224. The van der Waals surface area contributed by atoms with E-state index in [9.17, 15) is 9.59 Å². The molecule has 1 aromatic rings. The van der Waals surface area contributed by atoms with Crippen molar-refractivity contribution in [2.75, 3.05) is 0 Å². The van der Waals surface area contributed by atoms with Crippen molar-refractivity contribution in [3.8, 4) is 0 Å². The number of amides is 3. The summed E-state index contributed by atoms with van der Waals surface area (Å²) in [6.45, 7) is 6.14. The number of carbonyl (C=O) groups excluding carboxylic acids is 2. The van der Waals surface area contributed by atoms with Gasteiger partial charge in [0.15, 0.2) is 0 Å². The van der Waals surface area contributed by atoms with Crippen LogP contribution in [0.25, 0.3) is 0 Å². The molecule has 0 spiro atoms. The Labute approximate surface area is 148 Å². The fraction of sp³-hybridized carbons (Fsp3) is 0.579. The number of benzene rings is 1. The number of nitrogens with one attached hydrogen (secondary N) is 1. The number of aryl methyl sites for hydroxylation is 2. The molecule has 24 heavy (non-hydrogen) atoms. The monoisotopic (exact) mass is 346 g/mol. The number of imide groups is 1. The van der Waals surface area contributed by atoms with Crippen LogP contribution in [0.3, 0.4) is 0 Å². The third-order valence-electron chi connectivity index (χ3n) is 5.28. The fourth-order valence-corrected chi connectivity index (χ4v) is 4.79. The number of thioether (sulfide) groups is 1. The first-order chi connectivity index (χ1) is 11.5. The van der Waals surface area contributed by atoms with E-state index >= 15 is 0 Å². The van der Waals surface area contributed by atoms with Gasteiger partial charge in [0, 0.05) is 6.04 Å². The van der Waals surface area contributed by atoms with Gasteiger partial charge < -0.3 is 5.32 Å². The molecule has 1 saturated carbocycles. The summed E-state index contributed by atoms with van der Waals surface area (Å²) >= 11 is 1.27. The van der Waals surface area contributed by atoms with E-state index in [1.54, 1.807) is 0 Å². The molecule has 1 aliphatic carbocycles. The molecule has 5 heteroatoms. The number of hydrogen-bond acceptors (Lipinski definition) is 3. The first kappa shape index (κ1) is 17.3. The SMILES string of the molecule is Cc1ccc(C2SC(=O)N(C(=O)NC3CCCCC3)C2C)cc1C. The molecule has 3 rings (SSSR count). The number of hydrogen-bond donors (Lipinski definition) is 1. The molecule has 1 aromatic carbocycles. The smallest absolute Gasteiger partial charge is 0.325 e. The lowest BCUT2D eigenvalue weighted by atomic mass is 9.95. The van der Waals surface area contributed by atoms with Gasteiger partial charge in [0.05, 0.1) is 11.3 Å². The van der Waals surface area contributed by atoms with Gasteiger partial charge in [-0.15, -0.1) is 0 Å². The van der Waals surface area contributed by atoms with Crippen LogP contribution < -0.4 is 5.32 Å². The average Bonchev–Trinajstić information content (AvgIpc) is 2.86. The third-order valence-corrected chi connectivity index (χ3v) is 6.60. The molecule has 1 N–H and O–H groups in total. The lowest BCUT2D eigenvalue weighted by Gasteiger charge is -2.27. The standard InChI is InChI=1S/C19H26N2O2S/c1-12-9-10-15(11-13(12)2)17-14(3)21(19(23)24-17)18(22)20-16-7-5-4-6-8-16/h9-11,14,16-17H,4-8H2,1-3H3,(H,20,22). The highest BCUT2D eigenvalue weighted by Gasteiger charge is 2.42. The minimum absolute atomic E-state index is 0.00825. The largest absolute Gasteiger partial charge is 0.335 e. The van der Waals surface area contributed by atoms with Gasteiger partial charge >= 0.3 is 6.03 Å². The second-order valence-corrected chi connectivity index (χ2v) is 8.14. The van der Waals surface area contributed by atoms with Crippen LogP contribution in [0.15, 0.2) is 18.2 Å². The second kappa shape index (κ2) is 7.18. The molecule has 0 radical (unpaired) electrons. The van der Waals surface area contributed by atoms with E-state index in [0.29, 0.717) is 0 Å². The highest BCUT2D eigenvalue weighted by atomic mass is 32.2. The highest BCUT2D eigenvalue weighted by molar-refractivity contribution is 8.14. The Morgan fingerprint density at radius 3 is 2.54 bits per heavy atom. The van der Waals surface area contributed by atoms with Crippen LogP contribution in [0.5, 0.6) is 0 Å². The van der Waals surface area contributed by atoms with Crippen molar-refractivity contribution in [1.29, 1.82) is 0 Å². The van der Waals surface area contributed by atoms with Gasteiger partial charge in [-0.05, 0) is 50.3 Å². The maximum absolute atomic E-state index is 12.6. The summed E-state index contributed by atoms with van der Waals surface area (Å²) in [6.07, 6.45) is 5.62. The summed E-state index contributed by atoms with van der Waals surface area (Å²) in [5, 5.41) is 2.94. The zero-order chi connectivity index (χ0) is 17.3. The summed E-state index contributed by atoms with van der Waals surface area (Å²) in [5.41, 5.74) is 3.59. The zero-order valence-electron chi connectivity index (χ0n) is 14.7. The van der Waals surface area contributed by atoms with E-state index in [2.05, 4.69) is 37.4 Å². The first-order valence-corrected chi connectivity index (χ1v) is 9.73. The van der Waals surface area contributed by atoms with Crippen LogP contribution in [0.1, 0.15) is 61.0 Å². The number of nitrogens with zero attached hydrogens (tertiary/aromatic N) is 1. The van der Waals surface area contributed by atoms with E-state index in [1.165, 1.54) is 34.2 Å². The molecule has 2 atom stereocenters. The van der Waals surface area contributed by atoms with Crippen LogP contribution in [-0.2, 0) is 0 Å². The van der Waals surface area contributed by atoms with E-state index < -0.39 is 0 Å². The topological polar surface area (TPSA) is 49.4 Å². The Morgan fingerprint density at radius 1 is 1.17 bits per heavy atom. The number of urea groups is 1. The zero-order valence-corrected chi connectivity index (χ0v) is 15.5. The van der Waals surface area contributed by atoms with Gasteiger partial charge in [-0.1, -0.05) is 49.2 Å². The lowest BCUT2D eigenvalue weighted by molar-refractivity contribution is 0.184. The number of carbonyl (C=O) groups is 2. The molecule has 1 saturated heterocycles. The normalized spacial score (nSPS) is 25.1. The molecular weight excluding hydrogens is 320 g/mol. The van der Waals surface area contributed by atoms with Gasteiger partial charge in [-0.25, -0.2) is 4.79 Å². The minimum Gasteiger partial charge on any atom is -0.335 e. The van der Waals surface area contributed by atoms with Gasteiger partial charge in [-0.2, -0.15) is 0 Å². The summed E-state index contributed by atoms with van der Waals surface area (Å²) < 4.78 is 0. The van der Waals surface area contributed by atoms with E-state index in [-0.39, 0.29) is 28.6 Å². The number of rotatable bonds is 2. The third kappa shape index (κ3) is 3.46. The Kier molecular flexibility index (Phi) is 5.18. The van der Waals surface area contributed by atoms with Crippen LogP contribution in [0, 0.1) is 13.8 Å². The van der Waals surface area contributed by atoms with Crippen molar-refractivity contribution in [3.63, 3.8) is 0 Å². The summed E-state index contributed by atoms with van der Waals surface area (Å²) in [5.74, 6) is 0. The van der Waals surface area contributed by atoms with Crippen molar-refractivity contribution in [2.45, 2.75) is 70.2 Å². The average molecular weight is 346 g/mol. The Balaban J connectivity index is 1.72. The molecular formula is C19H26N2O2S. The Bertz CT molecular complexity index is 640. The predicted octanol–water partition coefficient (Wildman–Crippen LogP) is 4.94. The maximum atomic E-state index is 12.6. The van der Waals surface area contributed by atoms with Crippen LogP contribution in [0.4, 0.5) is 9.59 Å². The molecule has 2 fully saturated rings. The Hall–Kier alpha value is -1.49. The van der Waals surface area contributed by atoms with Gasteiger partial charge in [0.1, 0.15) is 0 Å². The van der Waals surface area contributed by atoms with Gasteiger partial charge in [-0.3, -0.25) is 9.69 Å². The van der Waals surface area contributed by atoms with Crippen LogP contribution >= 0.6 is 11.8 Å². The summed E-state index contributed by atoms with van der Waals surface area (Å²) in [4.78, 5) is 26.5. The van der Waals surface area contributed by atoms with Crippen molar-refractivity contribution < 1.29 is 9.59 Å². The molecule has 0 aromatic heterocycles. The second-order valence-electron chi connectivity index (χ2n) is 7.04. The van der Waals surface area contributed by atoms with Gasteiger partial charge in [0.25, 0.3) is 5.24 Å². The molecule has 4 nitrogen and oxygen atoms in total. The van der Waals surface area contributed by atoms with Crippen LogP contribution in [0.2, 0.25) is 0 Å². The lowest BCUT2D eigenvalue weighted by Crippen LogP contribution is -2.48. The quantitative estimate of drug-likeness (QED) is 0.825. The highest BCUT2D eigenvalue weighted by Crippen LogP contribution is 2.43. The molecule has 2 unspecified atom stereocenters. The fourth-order valence-electron chi connectivity index (χ4n) is 3.61. The predicted molar refractivity (Wildman–Crippen MR) is 98.3 cm³/mol. The first-order valence-electron chi connectivity index (χ1n) is 8.85. The van der Waals surface area contributed by atoms with Crippen molar-refractivity contribution >= 4 is 23.0 Å². The molecule has 3 amide bonds. The van der Waals surface area contributed by atoms with Crippen molar-refractivity contribution in [3.05, 3.63) is 34.9 Å². The molecule has 1 heterocycles. The van der Waals surface area contributed by atoms with E-state index in [0.717, 1.165) is 31.2 Å². The molecule has 130 valence electrons. The maximum Gasteiger partial charge on any atom is 0.325 e. The van der Waals surface area contributed by atoms with E-state index in [4.69, 9.17) is 0 Å². The van der Waals surface area contributed by atoms with E-state index in [1.807, 2.05) is 6.92 Å². The summed E-state index contributed by atoms with van der Waals surface area (Å²) in [6, 6.07) is 6.17.